The average Bonchev–Trinajstić information content (AvgIpc) is 3.15. The molecule has 6 heteroatoms. The number of hydrogen-bond acceptors (Lipinski definition) is 5. The third-order valence-electron chi connectivity index (χ3n) is 5.50. The Hall–Kier alpha value is -3.54. The number of aromatic hydroxyl groups is 1. The Kier molecular flexibility index (Phi) is 6.36. The molecule has 160 valence electrons. The fourth-order valence-electron chi connectivity index (χ4n) is 3.85. The fraction of sp³-hybridized carbons (Fsp3) is 0.280. The molecular formula is C25H27N3O3. The van der Waals surface area contributed by atoms with Crippen LogP contribution in [0.5, 0.6) is 5.88 Å². The summed E-state index contributed by atoms with van der Waals surface area (Å²) in [6, 6.07) is 19.2. The van der Waals surface area contributed by atoms with E-state index < -0.39 is 5.92 Å². The molecule has 1 N–H and O–H groups in total. The van der Waals surface area contributed by atoms with Gasteiger partial charge in [0.05, 0.1) is 24.3 Å². The summed E-state index contributed by atoms with van der Waals surface area (Å²) in [5.41, 5.74) is 3.96. The second-order valence-corrected chi connectivity index (χ2v) is 7.70. The SMILES string of the molecule is CCCCC1=Cc2ccccc2N(n2ccc(O)n2)CC1C(=O)OCc1ccccc1. The van der Waals surface area contributed by atoms with Crippen LogP contribution in [-0.4, -0.2) is 27.5 Å². The molecule has 1 unspecified atom stereocenters. The van der Waals surface area contributed by atoms with Crippen LogP contribution in [0.4, 0.5) is 5.69 Å². The maximum absolute atomic E-state index is 13.3. The van der Waals surface area contributed by atoms with Gasteiger partial charge < -0.3 is 9.84 Å². The van der Waals surface area contributed by atoms with E-state index >= 15 is 0 Å². The molecular weight excluding hydrogens is 390 g/mol. The van der Waals surface area contributed by atoms with Gasteiger partial charge in [0.1, 0.15) is 6.61 Å². The molecule has 6 nitrogen and oxygen atoms in total. The van der Waals surface area contributed by atoms with Crippen LogP contribution in [0.3, 0.4) is 0 Å². The Labute approximate surface area is 182 Å². The van der Waals surface area contributed by atoms with E-state index in [0.717, 1.165) is 41.6 Å². The predicted molar refractivity (Wildman–Crippen MR) is 120 cm³/mol. The van der Waals surface area contributed by atoms with Gasteiger partial charge in [-0.3, -0.25) is 9.80 Å². The molecule has 1 aromatic heterocycles. The Bertz CT molecular complexity index is 1060. The second-order valence-electron chi connectivity index (χ2n) is 7.70. The monoisotopic (exact) mass is 417 g/mol. The van der Waals surface area contributed by atoms with E-state index in [1.807, 2.05) is 59.6 Å². The highest BCUT2D eigenvalue weighted by atomic mass is 16.5. The van der Waals surface area contributed by atoms with Crippen LogP contribution in [0.25, 0.3) is 6.08 Å². The summed E-state index contributed by atoms with van der Waals surface area (Å²) in [7, 11) is 0. The van der Waals surface area contributed by atoms with Crippen molar-refractivity contribution in [1.82, 2.24) is 9.89 Å². The average molecular weight is 418 g/mol. The van der Waals surface area contributed by atoms with Gasteiger partial charge in [0, 0.05) is 6.07 Å². The standard InChI is InChI=1S/C25H27N3O3/c1-2-3-11-20-16-21-12-7-8-13-23(21)27(28-15-14-24(29)26-28)17-22(20)25(30)31-18-19-9-5-4-6-10-19/h4-10,12-16,22H,2-3,11,17-18H2,1H3,(H,26,29). The van der Waals surface area contributed by atoms with Gasteiger partial charge in [-0.25, -0.2) is 0 Å². The zero-order valence-electron chi connectivity index (χ0n) is 17.6. The van der Waals surface area contributed by atoms with E-state index in [0.29, 0.717) is 6.54 Å². The van der Waals surface area contributed by atoms with Gasteiger partial charge in [0.2, 0.25) is 5.88 Å². The first-order chi connectivity index (χ1) is 15.2. The summed E-state index contributed by atoms with van der Waals surface area (Å²) < 4.78 is 5.74. The number of carbonyl (C=O) groups excluding carboxylic acids is 1. The summed E-state index contributed by atoms with van der Waals surface area (Å²) in [6.07, 6.45) is 6.67. The summed E-state index contributed by atoms with van der Waals surface area (Å²) in [6.45, 7) is 2.76. The van der Waals surface area contributed by atoms with Gasteiger partial charge in [-0.2, -0.15) is 4.79 Å². The molecule has 0 aliphatic carbocycles. The number of hydrogen-bond donors (Lipinski definition) is 1. The van der Waals surface area contributed by atoms with E-state index in [2.05, 4.69) is 18.1 Å². The van der Waals surface area contributed by atoms with E-state index in [1.165, 1.54) is 6.07 Å². The largest absolute Gasteiger partial charge is 0.492 e. The maximum atomic E-state index is 13.3. The molecule has 2 aromatic carbocycles. The van der Waals surface area contributed by atoms with Crippen molar-refractivity contribution in [1.29, 1.82) is 0 Å². The van der Waals surface area contributed by atoms with Crippen molar-refractivity contribution in [2.75, 3.05) is 11.6 Å². The normalized spacial score (nSPS) is 15.7. The lowest BCUT2D eigenvalue weighted by atomic mass is 9.93. The Morgan fingerprint density at radius 3 is 2.65 bits per heavy atom. The van der Waals surface area contributed by atoms with Gasteiger partial charge in [0.25, 0.3) is 0 Å². The molecule has 0 fully saturated rings. The van der Waals surface area contributed by atoms with Crippen molar-refractivity contribution >= 4 is 17.7 Å². The number of fused-ring (bicyclic) bond motifs is 1. The van der Waals surface area contributed by atoms with Crippen LogP contribution in [0.2, 0.25) is 0 Å². The molecule has 1 aliphatic rings. The van der Waals surface area contributed by atoms with Crippen molar-refractivity contribution in [3.8, 4) is 5.88 Å². The van der Waals surface area contributed by atoms with Crippen molar-refractivity contribution in [2.24, 2.45) is 5.92 Å². The van der Waals surface area contributed by atoms with Crippen LogP contribution in [-0.2, 0) is 16.1 Å². The number of aromatic nitrogens is 2. The Morgan fingerprint density at radius 1 is 1.13 bits per heavy atom. The molecule has 3 aromatic rings. The first-order valence-electron chi connectivity index (χ1n) is 10.7. The number of nitrogens with zero attached hydrogens (tertiary/aromatic N) is 3. The van der Waals surface area contributed by atoms with Crippen molar-refractivity contribution in [3.63, 3.8) is 0 Å². The maximum Gasteiger partial charge on any atom is 0.315 e. The van der Waals surface area contributed by atoms with Crippen LogP contribution in [0.15, 0.2) is 72.4 Å². The van der Waals surface area contributed by atoms with E-state index in [9.17, 15) is 9.90 Å². The van der Waals surface area contributed by atoms with Gasteiger partial charge >= 0.3 is 5.97 Å². The fourth-order valence-corrected chi connectivity index (χ4v) is 3.85. The minimum Gasteiger partial charge on any atom is -0.492 e. The summed E-state index contributed by atoms with van der Waals surface area (Å²) in [5, 5.41) is 15.9. The summed E-state index contributed by atoms with van der Waals surface area (Å²) >= 11 is 0. The number of ether oxygens (including phenoxy) is 1. The van der Waals surface area contributed by atoms with Crippen molar-refractivity contribution in [3.05, 3.63) is 83.6 Å². The number of esters is 1. The number of anilines is 1. The molecule has 31 heavy (non-hydrogen) atoms. The Morgan fingerprint density at radius 2 is 1.90 bits per heavy atom. The third kappa shape index (κ3) is 4.79. The minimum atomic E-state index is -0.436. The number of rotatable bonds is 7. The lowest BCUT2D eigenvalue weighted by molar-refractivity contribution is -0.148. The van der Waals surface area contributed by atoms with Gasteiger partial charge in [0.15, 0.2) is 0 Å². The molecule has 0 bridgehead atoms. The molecule has 0 saturated heterocycles. The topological polar surface area (TPSA) is 67.6 Å². The van der Waals surface area contributed by atoms with Crippen molar-refractivity contribution in [2.45, 2.75) is 32.8 Å². The first kappa shape index (κ1) is 20.7. The number of unbranched alkanes of at least 4 members (excludes halogenated alkanes) is 1. The quantitative estimate of drug-likeness (QED) is 0.559. The molecule has 0 amide bonds. The van der Waals surface area contributed by atoms with E-state index in [-0.39, 0.29) is 18.5 Å². The zero-order valence-corrected chi connectivity index (χ0v) is 17.6. The Balaban J connectivity index is 1.66. The molecule has 4 rings (SSSR count). The first-order valence-corrected chi connectivity index (χ1v) is 10.7. The van der Waals surface area contributed by atoms with Crippen LogP contribution < -0.4 is 5.01 Å². The summed E-state index contributed by atoms with van der Waals surface area (Å²) in [4.78, 5) is 14.8. The lowest BCUT2D eigenvalue weighted by Gasteiger charge is -2.27. The number of benzene rings is 2. The van der Waals surface area contributed by atoms with Crippen molar-refractivity contribution < 1.29 is 14.6 Å². The smallest absolute Gasteiger partial charge is 0.315 e. The zero-order chi connectivity index (χ0) is 21.6. The van der Waals surface area contributed by atoms with Crippen LogP contribution in [0.1, 0.15) is 37.3 Å². The minimum absolute atomic E-state index is 0.0657. The molecule has 0 saturated carbocycles. The highest BCUT2D eigenvalue weighted by Gasteiger charge is 2.31. The van der Waals surface area contributed by atoms with E-state index in [4.69, 9.17) is 4.74 Å². The van der Waals surface area contributed by atoms with Gasteiger partial charge in [-0.1, -0.05) is 73.5 Å². The predicted octanol–water partition coefficient (Wildman–Crippen LogP) is 4.81. The summed E-state index contributed by atoms with van der Waals surface area (Å²) in [5.74, 6) is -0.751. The number of carbonyl (C=O) groups is 1. The molecule has 2 heterocycles. The molecule has 0 spiro atoms. The molecule has 1 aliphatic heterocycles. The molecule has 1 atom stereocenters. The highest BCUT2D eigenvalue weighted by Crippen LogP contribution is 2.34. The third-order valence-corrected chi connectivity index (χ3v) is 5.50. The van der Waals surface area contributed by atoms with Gasteiger partial charge in [-0.15, -0.1) is 5.10 Å². The van der Waals surface area contributed by atoms with Crippen LogP contribution in [0, 0.1) is 5.92 Å². The lowest BCUT2D eigenvalue weighted by Crippen LogP contribution is -2.38. The molecule has 0 radical (unpaired) electrons. The van der Waals surface area contributed by atoms with E-state index in [1.54, 1.807) is 11.0 Å². The number of para-hydroxylation sites is 1. The van der Waals surface area contributed by atoms with Crippen LogP contribution >= 0.6 is 0 Å². The highest BCUT2D eigenvalue weighted by molar-refractivity contribution is 5.82. The van der Waals surface area contributed by atoms with Gasteiger partial charge in [-0.05, 0) is 30.0 Å². The second kappa shape index (κ2) is 9.51.